The Bertz CT molecular complexity index is 621. The number of rotatable bonds is 4. The van der Waals surface area contributed by atoms with Gasteiger partial charge in [0.1, 0.15) is 11.9 Å². The number of benzene rings is 1. The zero-order valence-corrected chi connectivity index (χ0v) is 14.8. The lowest BCUT2D eigenvalue weighted by molar-refractivity contribution is -0.0218. The van der Waals surface area contributed by atoms with E-state index in [-0.39, 0.29) is 18.6 Å². The van der Waals surface area contributed by atoms with Gasteiger partial charge in [0.05, 0.1) is 12.7 Å². The van der Waals surface area contributed by atoms with E-state index in [1.165, 1.54) is 0 Å². The maximum absolute atomic E-state index is 12.5. The van der Waals surface area contributed by atoms with Crippen molar-refractivity contribution >= 4 is 18.3 Å². The lowest BCUT2D eigenvalue weighted by Crippen LogP contribution is -2.50. The van der Waals surface area contributed by atoms with E-state index in [4.69, 9.17) is 9.47 Å². The van der Waals surface area contributed by atoms with Gasteiger partial charge in [0.2, 0.25) is 0 Å². The van der Waals surface area contributed by atoms with Gasteiger partial charge < -0.3 is 19.7 Å². The summed E-state index contributed by atoms with van der Waals surface area (Å²) in [4.78, 5) is 36.6. The van der Waals surface area contributed by atoms with Crippen molar-refractivity contribution in [3.63, 3.8) is 0 Å². The Labute approximate surface area is 147 Å². The average molecular weight is 348 g/mol. The van der Waals surface area contributed by atoms with Crippen LogP contribution >= 0.6 is 0 Å². The molecule has 2 amide bonds. The van der Waals surface area contributed by atoms with Gasteiger partial charge in [-0.2, -0.15) is 0 Å². The van der Waals surface area contributed by atoms with Gasteiger partial charge in [-0.15, -0.1) is 0 Å². The van der Waals surface area contributed by atoms with Crippen LogP contribution in [0.2, 0.25) is 0 Å². The van der Waals surface area contributed by atoms with Crippen LogP contribution in [0.25, 0.3) is 0 Å². The molecule has 2 rings (SSSR count). The molecule has 0 unspecified atom stereocenters. The van der Waals surface area contributed by atoms with Crippen molar-refractivity contribution in [1.82, 2.24) is 10.2 Å². The molecule has 7 heteroatoms. The van der Waals surface area contributed by atoms with Crippen LogP contribution in [0, 0.1) is 0 Å². The molecular formula is C18H24N2O5. The molecule has 1 fully saturated rings. The van der Waals surface area contributed by atoms with E-state index in [9.17, 15) is 14.4 Å². The van der Waals surface area contributed by atoms with Gasteiger partial charge in [0.15, 0.2) is 0 Å². The number of ether oxygens (including phenoxy) is 2. The van der Waals surface area contributed by atoms with Crippen molar-refractivity contribution in [3.05, 3.63) is 35.4 Å². The number of aldehydes is 1. The van der Waals surface area contributed by atoms with Gasteiger partial charge in [-0.1, -0.05) is 12.1 Å². The minimum absolute atomic E-state index is 0.122. The highest BCUT2D eigenvalue weighted by Crippen LogP contribution is 2.12. The van der Waals surface area contributed by atoms with Gasteiger partial charge in [-0.25, -0.2) is 4.79 Å². The van der Waals surface area contributed by atoms with Crippen LogP contribution in [0.5, 0.6) is 0 Å². The van der Waals surface area contributed by atoms with Crippen molar-refractivity contribution in [2.75, 3.05) is 26.2 Å². The summed E-state index contributed by atoms with van der Waals surface area (Å²) in [6.07, 6.45) is -0.0649. The third kappa shape index (κ3) is 5.86. The lowest BCUT2D eigenvalue weighted by atomic mass is 10.1. The first kappa shape index (κ1) is 18.9. The van der Waals surface area contributed by atoms with Crippen molar-refractivity contribution in [3.8, 4) is 0 Å². The zero-order valence-electron chi connectivity index (χ0n) is 14.8. The van der Waals surface area contributed by atoms with Crippen LogP contribution in [0.3, 0.4) is 0 Å². The fourth-order valence-corrected chi connectivity index (χ4v) is 2.43. The maximum Gasteiger partial charge on any atom is 0.407 e. The lowest BCUT2D eigenvalue weighted by Gasteiger charge is -2.33. The molecular weight excluding hydrogens is 324 g/mol. The molecule has 7 nitrogen and oxygen atoms in total. The molecule has 136 valence electrons. The van der Waals surface area contributed by atoms with Gasteiger partial charge in [0.25, 0.3) is 5.91 Å². The number of nitrogens with zero attached hydrogens (tertiary/aromatic N) is 1. The summed E-state index contributed by atoms with van der Waals surface area (Å²) in [5, 5.41) is 2.66. The summed E-state index contributed by atoms with van der Waals surface area (Å²) in [6.45, 7) is 6.91. The molecule has 0 aliphatic carbocycles. The number of hydrogen-bond donors (Lipinski definition) is 1. The first-order valence-corrected chi connectivity index (χ1v) is 8.21. The minimum atomic E-state index is -0.562. The molecule has 0 bridgehead atoms. The Morgan fingerprint density at radius 3 is 2.60 bits per heavy atom. The second-order valence-corrected chi connectivity index (χ2v) is 6.87. The van der Waals surface area contributed by atoms with E-state index in [1.807, 2.05) is 0 Å². The summed E-state index contributed by atoms with van der Waals surface area (Å²) in [6, 6.07) is 6.50. The minimum Gasteiger partial charge on any atom is -0.444 e. The summed E-state index contributed by atoms with van der Waals surface area (Å²) in [7, 11) is 0. The SMILES string of the molecule is CC(C)(C)OC(=O)NC[C@H]1CN(C(=O)c2ccc(C=O)cc2)CCO1. The van der Waals surface area contributed by atoms with Gasteiger partial charge in [-0.05, 0) is 32.9 Å². The molecule has 1 aromatic rings. The van der Waals surface area contributed by atoms with Crippen molar-refractivity contribution in [1.29, 1.82) is 0 Å². The fraction of sp³-hybridized carbons (Fsp3) is 0.500. The van der Waals surface area contributed by atoms with E-state index in [2.05, 4.69) is 5.32 Å². The topological polar surface area (TPSA) is 84.9 Å². The third-order valence-corrected chi connectivity index (χ3v) is 3.59. The largest absolute Gasteiger partial charge is 0.444 e. The zero-order chi connectivity index (χ0) is 18.4. The highest BCUT2D eigenvalue weighted by molar-refractivity contribution is 5.95. The highest BCUT2D eigenvalue weighted by atomic mass is 16.6. The highest BCUT2D eigenvalue weighted by Gasteiger charge is 2.26. The number of amides is 2. The molecule has 1 aliphatic heterocycles. The summed E-state index contributed by atoms with van der Waals surface area (Å²) < 4.78 is 10.8. The van der Waals surface area contributed by atoms with Crippen LogP contribution < -0.4 is 5.32 Å². The summed E-state index contributed by atoms with van der Waals surface area (Å²) >= 11 is 0. The van der Waals surface area contributed by atoms with Crippen LogP contribution in [0.15, 0.2) is 24.3 Å². The number of morpholine rings is 1. The smallest absolute Gasteiger partial charge is 0.407 e. The van der Waals surface area contributed by atoms with Crippen molar-refractivity contribution < 1.29 is 23.9 Å². The van der Waals surface area contributed by atoms with Crippen molar-refractivity contribution in [2.45, 2.75) is 32.5 Å². The average Bonchev–Trinajstić information content (AvgIpc) is 2.58. The van der Waals surface area contributed by atoms with E-state index < -0.39 is 11.7 Å². The van der Waals surface area contributed by atoms with E-state index in [0.29, 0.717) is 30.8 Å². The quantitative estimate of drug-likeness (QED) is 0.840. The van der Waals surface area contributed by atoms with Crippen LogP contribution in [-0.4, -0.2) is 61.1 Å². The predicted molar refractivity (Wildman–Crippen MR) is 91.7 cm³/mol. The normalized spacial score (nSPS) is 17.7. The molecule has 0 radical (unpaired) electrons. The van der Waals surface area contributed by atoms with Gasteiger partial charge >= 0.3 is 6.09 Å². The second kappa shape index (κ2) is 8.11. The fourth-order valence-electron chi connectivity index (χ4n) is 2.43. The second-order valence-electron chi connectivity index (χ2n) is 6.87. The Balaban J connectivity index is 1.88. The molecule has 0 saturated carbocycles. The van der Waals surface area contributed by atoms with Gasteiger partial charge in [-0.3, -0.25) is 9.59 Å². The van der Waals surface area contributed by atoms with E-state index >= 15 is 0 Å². The van der Waals surface area contributed by atoms with Crippen LogP contribution in [-0.2, 0) is 9.47 Å². The molecule has 1 saturated heterocycles. The molecule has 1 heterocycles. The Morgan fingerprint density at radius 1 is 1.32 bits per heavy atom. The van der Waals surface area contributed by atoms with Crippen molar-refractivity contribution in [2.24, 2.45) is 0 Å². The summed E-state index contributed by atoms with van der Waals surface area (Å²) in [5.41, 5.74) is 0.483. The van der Waals surface area contributed by atoms with E-state index in [0.717, 1.165) is 6.29 Å². The Hall–Kier alpha value is -2.41. The molecule has 1 aromatic carbocycles. The third-order valence-electron chi connectivity index (χ3n) is 3.59. The Kier molecular flexibility index (Phi) is 6.14. The molecule has 1 N–H and O–H groups in total. The number of carbonyl (C=O) groups excluding carboxylic acids is 3. The monoisotopic (exact) mass is 348 g/mol. The molecule has 0 aromatic heterocycles. The molecule has 1 atom stereocenters. The molecule has 25 heavy (non-hydrogen) atoms. The maximum atomic E-state index is 12.5. The number of carbonyl (C=O) groups is 3. The number of alkyl carbamates (subject to hydrolysis) is 1. The first-order valence-electron chi connectivity index (χ1n) is 8.21. The van der Waals surface area contributed by atoms with Crippen LogP contribution in [0.4, 0.5) is 4.79 Å². The first-order chi connectivity index (χ1) is 11.8. The summed E-state index contributed by atoms with van der Waals surface area (Å²) in [5.74, 6) is -0.122. The van der Waals surface area contributed by atoms with Gasteiger partial charge in [0, 0.05) is 30.8 Å². The van der Waals surface area contributed by atoms with E-state index in [1.54, 1.807) is 49.9 Å². The Morgan fingerprint density at radius 2 is 2.00 bits per heavy atom. The predicted octanol–water partition coefficient (Wildman–Crippen LogP) is 1.86. The number of hydrogen-bond acceptors (Lipinski definition) is 5. The number of nitrogens with one attached hydrogen (secondary N) is 1. The molecule has 1 aliphatic rings. The molecule has 0 spiro atoms. The standard InChI is InChI=1S/C18H24N2O5/c1-18(2,3)25-17(23)19-10-15-11-20(8-9-24-15)16(22)14-6-4-13(12-21)5-7-14/h4-7,12,15H,8-11H2,1-3H3,(H,19,23)/t15-/m0/s1. The van der Waals surface area contributed by atoms with Crippen LogP contribution in [0.1, 0.15) is 41.5 Å².